The van der Waals surface area contributed by atoms with Crippen molar-refractivity contribution in [3.05, 3.63) is 48.3 Å². The molecule has 0 bridgehead atoms. The number of amides is 1. The Balaban J connectivity index is 1.93. The molecule has 7 heteroatoms. The van der Waals surface area contributed by atoms with Crippen LogP contribution in [0, 0.1) is 0 Å². The summed E-state index contributed by atoms with van der Waals surface area (Å²) in [5.74, 6) is 0.0184. The van der Waals surface area contributed by atoms with E-state index >= 15 is 0 Å². The number of hydrogen-bond donors (Lipinski definition) is 1. The monoisotopic (exact) mass is 344 g/mol. The molecular formula is C18H20N2O5. The molecule has 1 aromatic heterocycles. The van der Waals surface area contributed by atoms with Gasteiger partial charge in [0, 0.05) is 18.0 Å². The summed E-state index contributed by atoms with van der Waals surface area (Å²) in [6.07, 6.45) is 1.48. The summed E-state index contributed by atoms with van der Waals surface area (Å²) in [7, 11) is 0. The Hall–Kier alpha value is -3.09. The van der Waals surface area contributed by atoms with Crippen LogP contribution in [0.4, 0.5) is 5.69 Å². The Morgan fingerprint density at radius 1 is 1.04 bits per heavy atom. The zero-order valence-electron chi connectivity index (χ0n) is 14.2. The zero-order chi connectivity index (χ0) is 18.1. The van der Waals surface area contributed by atoms with Gasteiger partial charge in [-0.2, -0.15) is 0 Å². The third kappa shape index (κ3) is 5.49. The molecule has 132 valence electrons. The van der Waals surface area contributed by atoms with Crippen molar-refractivity contribution in [1.82, 2.24) is 4.98 Å². The molecule has 0 fully saturated rings. The van der Waals surface area contributed by atoms with Gasteiger partial charge in [0.05, 0.1) is 13.2 Å². The normalized spacial score (nSPS) is 10.0. The molecule has 0 saturated heterocycles. The predicted octanol–water partition coefficient (Wildman–Crippen LogP) is 2.67. The second-order valence-electron chi connectivity index (χ2n) is 4.87. The fourth-order valence-electron chi connectivity index (χ4n) is 2.01. The second-order valence-corrected chi connectivity index (χ2v) is 4.87. The Morgan fingerprint density at radius 2 is 1.80 bits per heavy atom. The van der Waals surface area contributed by atoms with Crippen molar-refractivity contribution in [2.45, 2.75) is 13.8 Å². The lowest BCUT2D eigenvalue weighted by Gasteiger charge is -2.13. The van der Waals surface area contributed by atoms with Crippen molar-refractivity contribution in [2.24, 2.45) is 0 Å². The van der Waals surface area contributed by atoms with E-state index in [4.69, 9.17) is 14.2 Å². The van der Waals surface area contributed by atoms with E-state index in [0.29, 0.717) is 30.4 Å². The molecule has 0 atom stereocenters. The Bertz CT molecular complexity index is 719. The minimum absolute atomic E-state index is 0.148. The molecule has 1 N–H and O–H groups in total. The summed E-state index contributed by atoms with van der Waals surface area (Å²) >= 11 is 0. The van der Waals surface area contributed by atoms with Gasteiger partial charge in [0.2, 0.25) is 0 Å². The van der Waals surface area contributed by atoms with Crippen molar-refractivity contribution in [2.75, 3.05) is 25.1 Å². The number of nitrogens with one attached hydrogen (secondary N) is 1. The molecule has 1 amide bonds. The van der Waals surface area contributed by atoms with Crippen LogP contribution in [0.2, 0.25) is 0 Å². The number of anilines is 1. The van der Waals surface area contributed by atoms with E-state index < -0.39 is 18.5 Å². The van der Waals surface area contributed by atoms with E-state index in [9.17, 15) is 9.59 Å². The molecule has 25 heavy (non-hydrogen) atoms. The Kier molecular flexibility index (Phi) is 6.76. The lowest BCUT2D eigenvalue weighted by molar-refractivity contribution is -0.119. The molecule has 2 rings (SSSR count). The Labute approximate surface area is 145 Å². The first kappa shape index (κ1) is 18.3. The van der Waals surface area contributed by atoms with Gasteiger partial charge in [0.1, 0.15) is 5.69 Å². The second kappa shape index (κ2) is 9.27. The largest absolute Gasteiger partial charge is 0.490 e. The Morgan fingerprint density at radius 3 is 2.48 bits per heavy atom. The van der Waals surface area contributed by atoms with Crippen LogP contribution in [0.25, 0.3) is 0 Å². The summed E-state index contributed by atoms with van der Waals surface area (Å²) in [5.41, 5.74) is 0.667. The van der Waals surface area contributed by atoms with Gasteiger partial charge >= 0.3 is 5.97 Å². The lowest BCUT2D eigenvalue weighted by atomic mass is 10.2. The van der Waals surface area contributed by atoms with Gasteiger partial charge in [-0.15, -0.1) is 0 Å². The third-order valence-corrected chi connectivity index (χ3v) is 3.04. The minimum Gasteiger partial charge on any atom is -0.490 e. The summed E-state index contributed by atoms with van der Waals surface area (Å²) in [4.78, 5) is 27.6. The molecule has 0 aliphatic rings. The third-order valence-electron chi connectivity index (χ3n) is 3.04. The number of rotatable bonds is 8. The first-order chi connectivity index (χ1) is 12.1. The topological polar surface area (TPSA) is 86.8 Å². The molecule has 1 aromatic carbocycles. The van der Waals surface area contributed by atoms with Crippen molar-refractivity contribution < 1.29 is 23.8 Å². The van der Waals surface area contributed by atoms with Crippen LogP contribution >= 0.6 is 0 Å². The minimum atomic E-state index is -0.655. The first-order valence-corrected chi connectivity index (χ1v) is 7.91. The van der Waals surface area contributed by atoms with Crippen LogP contribution in [0.15, 0.2) is 42.6 Å². The van der Waals surface area contributed by atoms with E-state index in [-0.39, 0.29) is 5.69 Å². The summed E-state index contributed by atoms with van der Waals surface area (Å²) < 4.78 is 15.9. The fraction of sp³-hybridized carbons (Fsp3) is 0.278. The van der Waals surface area contributed by atoms with E-state index in [1.807, 2.05) is 13.8 Å². The highest BCUT2D eigenvalue weighted by Crippen LogP contribution is 2.30. The highest BCUT2D eigenvalue weighted by atomic mass is 16.5. The number of aromatic nitrogens is 1. The number of carbonyl (C=O) groups excluding carboxylic acids is 2. The fourth-order valence-corrected chi connectivity index (χ4v) is 2.01. The number of benzene rings is 1. The van der Waals surface area contributed by atoms with Gasteiger partial charge in [-0.1, -0.05) is 6.07 Å². The standard InChI is InChI=1S/C18H20N2O5/c1-3-23-15-9-8-13(11-16(15)24-4-2)20-17(21)12-25-18(22)14-7-5-6-10-19-14/h5-11H,3-4,12H2,1-2H3,(H,20,21). The van der Waals surface area contributed by atoms with Crippen LogP contribution < -0.4 is 14.8 Å². The van der Waals surface area contributed by atoms with Crippen molar-refractivity contribution in [3.8, 4) is 11.5 Å². The molecular weight excluding hydrogens is 324 g/mol. The molecule has 0 spiro atoms. The highest BCUT2D eigenvalue weighted by Gasteiger charge is 2.12. The quantitative estimate of drug-likeness (QED) is 0.741. The number of pyridine rings is 1. The van der Waals surface area contributed by atoms with Crippen molar-refractivity contribution in [3.63, 3.8) is 0 Å². The van der Waals surface area contributed by atoms with Gasteiger partial charge in [-0.05, 0) is 38.1 Å². The lowest BCUT2D eigenvalue weighted by Crippen LogP contribution is -2.21. The molecule has 0 aliphatic heterocycles. The average Bonchev–Trinajstić information content (AvgIpc) is 2.63. The predicted molar refractivity (Wildman–Crippen MR) is 91.9 cm³/mol. The molecule has 2 aromatic rings. The average molecular weight is 344 g/mol. The SMILES string of the molecule is CCOc1ccc(NC(=O)COC(=O)c2ccccn2)cc1OCC. The maximum atomic E-state index is 11.9. The molecule has 0 aliphatic carbocycles. The van der Waals surface area contributed by atoms with Gasteiger partial charge in [0.15, 0.2) is 18.1 Å². The first-order valence-electron chi connectivity index (χ1n) is 7.91. The van der Waals surface area contributed by atoms with Crippen LogP contribution in [-0.2, 0) is 9.53 Å². The number of hydrogen-bond acceptors (Lipinski definition) is 6. The van der Waals surface area contributed by atoms with E-state index in [2.05, 4.69) is 10.3 Å². The highest BCUT2D eigenvalue weighted by molar-refractivity contribution is 5.95. The maximum Gasteiger partial charge on any atom is 0.357 e. The van der Waals surface area contributed by atoms with Gasteiger partial charge in [-0.3, -0.25) is 4.79 Å². The zero-order valence-corrected chi connectivity index (χ0v) is 14.2. The summed E-state index contributed by atoms with van der Waals surface area (Å²) in [5, 5.41) is 2.64. The molecule has 0 radical (unpaired) electrons. The number of nitrogens with zero attached hydrogens (tertiary/aromatic N) is 1. The molecule has 0 saturated carbocycles. The number of ether oxygens (including phenoxy) is 3. The molecule has 1 heterocycles. The van der Waals surface area contributed by atoms with E-state index in [1.165, 1.54) is 12.3 Å². The molecule has 7 nitrogen and oxygen atoms in total. The maximum absolute atomic E-state index is 11.9. The number of esters is 1. The van der Waals surface area contributed by atoms with Crippen LogP contribution in [-0.4, -0.2) is 36.7 Å². The van der Waals surface area contributed by atoms with E-state index in [1.54, 1.807) is 30.3 Å². The van der Waals surface area contributed by atoms with Gasteiger partial charge < -0.3 is 19.5 Å². The van der Waals surface area contributed by atoms with Crippen LogP contribution in [0.5, 0.6) is 11.5 Å². The van der Waals surface area contributed by atoms with E-state index in [0.717, 1.165) is 0 Å². The van der Waals surface area contributed by atoms with Crippen molar-refractivity contribution in [1.29, 1.82) is 0 Å². The van der Waals surface area contributed by atoms with Crippen molar-refractivity contribution >= 4 is 17.6 Å². The van der Waals surface area contributed by atoms with Gasteiger partial charge in [0.25, 0.3) is 5.91 Å². The number of carbonyl (C=O) groups is 2. The summed E-state index contributed by atoms with van der Waals surface area (Å²) in [6, 6.07) is 9.92. The van der Waals surface area contributed by atoms with Crippen LogP contribution in [0.3, 0.4) is 0 Å². The summed E-state index contributed by atoms with van der Waals surface area (Å²) in [6.45, 7) is 4.31. The molecule has 0 unspecified atom stereocenters. The van der Waals surface area contributed by atoms with Crippen LogP contribution in [0.1, 0.15) is 24.3 Å². The van der Waals surface area contributed by atoms with Gasteiger partial charge in [-0.25, -0.2) is 9.78 Å². The smallest absolute Gasteiger partial charge is 0.357 e.